The van der Waals surface area contributed by atoms with Gasteiger partial charge in [0.05, 0.1) is 16.7 Å². The number of phenolic OH excluding ortho intramolecular Hbond substituents is 30. The van der Waals surface area contributed by atoms with Crippen LogP contribution < -0.4 is 0 Å². The zero-order chi connectivity index (χ0) is 91.7. The van der Waals surface area contributed by atoms with Gasteiger partial charge in [-0.2, -0.15) is 0 Å². The molecule has 46 heteroatoms. The van der Waals surface area contributed by atoms with Crippen molar-refractivity contribution in [2.75, 3.05) is 0 Å². The number of ketones is 7. The molecule has 11 rings (SSSR count). The van der Waals surface area contributed by atoms with Crippen LogP contribution in [0.2, 0.25) is 0 Å². The first-order valence-electron chi connectivity index (χ1n) is 33.2. The molecule has 1 saturated carbocycles. The van der Waals surface area contributed by atoms with Crippen molar-refractivity contribution >= 4 is 64.4 Å². The van der Waals surface area contributed by atoms with Crippen molar-refractivity contribution in [3.8, 4) is 172 Å². The number of aromatic hydroxyl groups is 30. The lowest BCUT2D eigenvalue weighted by atomic mass is 9.30. The van der Waals surface area contributed by atoms with Crippen LogP contribution >= 0.6 is 0 Å². The van der Waals surface area contributed by atoms with Crippen molar-refractivity contribution < 1.29 is 230 Å². The highest BCUT2D eigenvalue weighted by Gasteiger charge is 3.05. The smallest absolute Gasteiger partial charge is 0.351 e. The van der Waals surface area contributed by atoms with Crippen molar-refractivity contribution in [1.82, 2.24) is 0 Å². The highest BCUT2D eigenvalue weighted by atomic mass is 16.6. The first kappa shape index (κ1) is 85.6. The number of carboxylic acids is 1. The predicted molar refractivity (Wildman–Crippen MR) is 387 cm³/mol. The minimum absolute atomic E-state index is 0.298. The molecule has 123 heavy (non-hydrogen) atoms. The van der Waals surface area contributed by atoms with Gasteiger partial charge in [-0.3, -0.25) is 33.6 Å². The number of carboxylic acid groups (broad SMARTS) is 1. The Morgan fingerprint density at radius 1 is 0.179 bits per heavy atom. The molecule has 0 saturated heterocycles. The molecule has 1 fully saturated rings. The van der Waals surface area contributed by atoms with Gasteiger partial charge in [0.25, 0.3) is 11.2 Å². The molecule has 0 spiro atoms. The monoisotopic (exact) mass is 1710 g/mol. The molecule has 1 aliphatic rings. The molecule has 2 unspecified atom stereocenters. The van der Waals surface area contributed by atoms with Gasteiger partial charge in [-0.15, -0.1) is 0 Å². The molecule has 0 aromatic heterocycles. The Morgan fingerprint density at radius 3 is 0.504 bits per heavy atom. The summed E-state index contributed by atoms with van der Waals surface area (Å²) in [5.74, 6) is -104. The highest BCUT2D eigenvalue weighted by molar-refractivity contribution is 6.39. The van der Waals surface area contributed by atoms with E-state index in [1.165, 1.54) is 0 Å². The number of carbonyl (C=O) groups is 11. The van der Waals surface area contributed by atoms with E-state index in [1.54, 1.807) is 0 Å². The first-order valence-corrected chi connectivity index (χ1v) is 33.2. The lowest BCUT2D eigenvalue weighted by molar-refractivity contribution is -0.306. The molecule has 0 aliphatic heterocycles. The van der Waals surface area contributed by atoms with Gasteiger partial charge in [0.1, 0.15) is 0 Å². The average Bonchev–Trinajstić information content (AvgIpc) is 0.606. The van der Waals surface area contributed by atoms with Crippen molar-refractivity contribution in [3.63, 3.8) is 0 Å². The number of aliphatic hydroxyl groups is 1. The topological polar surface area (TPSA) is 863 Å². The number of phenols is 30. The highest BCUT2D eigenvalue weighted by Crippen LogP contribution is 2.76. The van der Waals surface area contributed by atoms with Crippen LogP contribution in [0.5, 0.6) is 172 Å². The predicted octanol–water partition coefficient (Wildman–Crippen LogP) is 2.92. The summed E-state index contributed by atoms with van der Waals surface area (Å²) in [4.78, 5) is 200. The van der Waals surface area contributed by atoms with E-state index in [0.717, 1.165) is 0 Å². The third-order valence-electron chi connectivity index (χ3n) is 19.7. The van der Waals surface area contributed by atoms with E-state index >= 15 is 57.8 Å². The number of benzene rings is 10. The molecule has 46 nitrogen and oxygen atoms in total. The van der Waals surface area contributed by atoms with E-state index in [0.29, 0.717) is 0 Å². The Morgan fingerprint density at radius 2 is 0.317 bits per heavy atom. The Balaban J connectivity index is 1.77. The maximum atomic E-state index is 18.9. The van der Waals surface area contributed by atoms with Crippen LogP contribution in [0.15, 0.2) is 121 Å². The molecule has 1 aliphatic carbocycles. The van der Waals surface area contributed by atoms with Gasteiger partial charge < -0.3 is 178 Å². The van der Waals surface area contributed by atoms with E-state index in [2.05, 4.69) is 0 Å². The van der Waals surface area contributed by atoms with E-state index in [1.807, 2.05) is 0 Å². The fourth-order valence-electron chi connectivity index (χ4n) is 14.3. The summed E-state index contributed by atoms with van der Waals surface area (Å²) in [6.45, 7) is 0. The maximum absolute atomic E-state index is 18.9. The SMILES string of the molecule is O=C(OC1(C(=O)O)C(C(=O)c2cc(O)c(O)c(O)c2)(C(=O)c2cc(O)c(O)c(O)c2)[C@](O)(C(=O)c2cc(O)c(O)c(O)c2)C(OC(=O)c2cc(O)c(O)c(O)c2)(C(=O)c2cc(O)c(O)c(O)c2)[C@@](OC(=O)c2cc(O)c(O)c(O)c2)(C(=O)c2cc(O)c(O)c(O)c2)C1(C(=O)c1cc(O)c(O)c(O)c1)C(=O)c1cc(O)c(O)c(O)c1)c1cc(O)c(O)c(O)c1. The number of esters is 3. The summed E-state index contributed by atoms with van der Waals surface area (Å²) in [6, 6.07) is -8.95. The maximum Gasteiger partial charge on any atom is 0.351 e. The van der Waals surface area contributed by atoms with Crippen molar-refractivity contribution in [1.29, 1.82) is 0 Å². The molecule has 10 aromatic rings. The molecule has 0 radical (unpaired) electrons. The summed E-state index contributed by atoms with van der Waals surface area (Å²) in [7, 11) is 0. The molecule has 4 atom stereocenters. The Bertz CT molecular complexity index is 6060. The van der Waals surface area contributed by atoms with Crippen molar-refractivity contribution in [2.24, 2.45) is 10.8 Å². The third-order valence-corrected chi connectivity index (χ3v) is 19.7. The van der Waals surface area contributed by atoms with Crippen LogP contribution in [0.1, 0.15) is 104 Å². The number of rotatable bonds is 21. The summed E-state index contributed by atoms with van der Waals surface area (Å²) < 4.78 is 18.2. The van der Waals surface area contributed by atoms with E-state index in [9.17, 15) is 158 Å². The standard InChI is InChI=1S/C77H52O46/c78-31-1-21(2-32(79)51(31)98)61(108)72(62(109)22-3-33(80)52(99)34(81)4-22)74(120,65(112)25-9-39(86)55(102)40(87)10-25)76(67(114)27-13-43(90)57(104)44(91)14-27,122-69(116)29-17-47(94)59(106)48(95)18-29)75(66(113)26-11-41(88)56(103)42(89)12-26,121-68(115)28-15-45(92)58(105)46(93)16-28)73(63(110)23-5-35(82)53(100)36(83)6-23,64(111)24-7-37(84)54(101)38(85)8-24)77(72,71(118)119)123-70(117)30-19-49(96)60(107)50(97)20-30/h1-20,78-107,120H,(H,118,119)/t74-,75-,76?,77?/m1/s1. The number of ether oxygens (including phenoxy) is 3. The Hall–Kier alpha value is -18.3. The minimum atomic E-state index is -7.27. The summed E-state index contributed by atoms with van der Waals surface area (Å²) in [6.07, 6.45) is 0. The van der Waals surface area contributed by atoms with E-state index < -0.39 is 411 Å². The number of Topliss-reactive ketones (excluding diaryl/α,β-unsaturated/α-hetero) is 7. The molecule has 636 valence electrons. The molecule has 0 heterocycles. The second-order valence-corrected chi connectivity index (χ2v) is 26.7. The quantitative estimate of drug-likeness (QED) is 0.0162. The number of aliphatic carboxylic acids is 1. The number of carbonyl (C=O) groups excluding carboxylic acids is 10. The summed E-state index contributed by atoms with van der Waals surface area (Å²) >= 11 is 0. The molecule has 0 bridgehead atoms. The fourth-order valence-corrected chi connectivity index (χ4v) is 14.3. The van der Waals surface area contributed by atoms with Gasteiger partial charge in [-0.1, -0.05) is 0 Å². The molecular weight excluding hydrogens is 1660 g/mol. The zero-order valence-electron chi connectivity index (χ0n) is 60.1. The van der Waals surface area contributed by atoms with E-state index in [4.69, 9.17) is 14.2 Å². The molecule has 32 N–H and O–H groups in total. The Kier molecular flexibility index (Phi) is 20.3. The van der Waals surface area contributed by atoms with Crippen LogP contribution in [0, 0.1) is 10.8 Å². The van der Waals surface area contributed by atoms with Crippen molar-refractivity contribution in [3.05, 3.63) is 177 Å². The lowest BCUT2D eigenvalue weighted by Crippen LogP contribution is -3.01. The number of hydrogen-bond donors (Lipinski definition) is 32. The average molecular weight is 1710 g/mol. The van der Waals surface area contributed by atoms with Crippen molar-refractivity contribution in [2.45, 2.75) is 22.4 Å². The van der Waals surface area contributed by atoms with Gasteiger partial charge in [0.2, 0.25) is 34.0 Å². The fraction of sp³-hybridized carbons (Fsp3) is 0.0779. The van der Waals surface area contributed by atoms with Gasteiger partial charge in [-0.25, -0.2) is 19.2 Å². The van der Waals surface area contributed by atoms with Crippen LogP contribution in [0.3, 0.4) is 0 Å². The zero-order valence-corrected chi connectivity index (χ0v) is 60.1. The third kappa shape index (κ3) is 12.0. The second kappa shape index (κ2) is 29.2. The van der Waals surface area contributed by atoms with Crippen LogP contribution in [0.4, 0.5) is 0 Å². The largest absolute Gasteiger partial charge is 0.504 e. The summed E-state index contributed by atoms with van der Waals surface area (Å²) in [5.41, 5.74) is -67.3. The van der Waals surface area contributed by atoms with Crippen LogP contribution in [-0.2, 0) is 19.0 Å². The van der Waals surface area contributed by atoms with Gasteiger partial charge >= 0.3 is 23.9 Å². The molecule has 0 amide bonds. The normalized spacial score (nSPS) is 17.5. The lowest BCUT2D eigenvalue weighted by Gasteiger charge is -2.71. The van der Waals surface area contributed by atoms with Gasteiger partial charge in [-0.05, 0) is 121 Å². The Labute approximate surface area is 675 Å². The number of hydrogen-bond acceptors (Lipinski definition) is 45. The second-order valence-electron chi connectivity index (χ2n) is 26.7. The molecule has 10 aromatic carbocycles. The minimum Gasteiger partial charge on any atom is -0.504 e. The van der Waals surface area contributed by atoms with Gasteiger partial charge in [0, 0.05) is 38.9 Å². The molecular formula is C77H52O46. The summed E-state index contributed by atoms with van der Waals surface area (Å²) in [5, 5.41) is 374. The van der Waals surface area contributed by atoms with Crippen LogP contribution in [-0.4, -0.2) is 250 Å². The van der Waals surface area contributed by atoms with Gasteiger partial charge in [0.15, 0.2) is 201 Å². The first-order chi connectivity index (χ1) is 57.2. The van der Waals surface area contributed by atoms with Crippen LogP contribution in [0.25, 0.3) is 0 Å². The van der Waals surface area contributed by atoms with E-state index in [-0.39, 0.29) is 36.4 Å².